The van der Waals surface area contributed by atoms with Crippen LogP contribution in [0.25, 0.3) is 16.9 Å². The molecule has 8 aromatic rings. The van der Waals surface area contributed by atoms with Crippen LogP contribution in [-0.2, 0) is 76.9 Å². The first-order valence-corrected chi connectivity index (χ1v) is 46.6. The maximum Gasteiger partial charge on any atom is 0.405 e. The number of amides is 4. The first kappa shape index (κ1) is 108. The summed E-state index contributed by atoms with van der Waals surface area (Å²) in [6.45, 7) is 32.1. The van der Waals surface area contributed by atoms with Gasteiger partial charge in [-0.15, -0.1) is 0 Å². The minimum absolute atomic E-state index is 0. The number of nitrogens with zero attached hydrogens (tertiary/aromatic N) is 10. The van der Waals surface area contributed by atoms with Crippen molar-refractivity contribution in [2.24, 2.45) is 33.1 Å². The smallest absolute Gasteiger partial charge is 0.405 e. The number of methoxy groups -OCH3 is 2. The molecule has 6 aliphatic rings. The summed E-state index contributed by atoms with van der Waals surface area (Å²) in [4.78, 5) is 83.4. The molecule has 0 spiro atoms. The van der Waals surface area contributed by atoms with Crippen molar-refractivity contribution in [2.45, 2.75) is 232 Å². The van der Waals surface area contributed by atoms with Gasteiger partial charge in [0.2, 0.25) is 6.79 Å². The number of nitrogen functional groups attached to an aromatic ring is 1. The molecular formula is C96H132IN16O15PS2U. The molecule has 14 N–H and O–H groups in total. The molecule has 4 amide bonds. The van der Waals surface area contributed by atoms with Gasteiger partial charge in [0.05, 0.1) is 51.7 Å². The molecule has 5 aromatic carbocycles. The molecule has 6 atom stereocenters. The molecule has 0 radical (unpaired) electrons. The van der Waals surface area contributed by atoms with Crippen LogP contribution in [0.15, 0.2) is 123 Å². The second-order valence-corrected chi connectivity index (χ2v) is 38.2. The van der Waals surface area contributed by atoms with Crippen molar-refractivity contribution in [3.05, 3.63) is 174 Å². The van der Waals surface area contributed by atoms with Gasteiger partial charge in [0, 0.05) is 179 Å². The standard InChI is InChI=1S/C30H44N2O7.C24H31N3O3.C23H30N4O3.C18H21IN6O2S.CH3NS.H3P.U/c1-8-22-23-15-18(3)14-21(37-6)13-17(2)12-20(5)28(39-30(31)36)26(38-7)11-9-10-19(4)29(35)32-24(27(23)34)16-25(22)33;1-16(2)20-11-21(23(29)12-22(20)28)24(30)27-14-18-5-4-17(10-19(18)15-27)13-26-8-6-25(3)7-9-26;1-13-21-19(11-23(2,3)12-20(21)29)27(26-13)15-6-9-17(22(24)30)18(10-15)25-14-4-7-16(28)8-5-14;1-10(2)21-4-3-5-25-17-15(16(20)22-8-23-17)24-18(25)28-14-7-13-12(6-11(14)19)26-9-27-13;1-2-3;;/h9-12,16-18,21,26,28,33-34H,8,13-15H2,1-7H3,(H2,31,36)(H,32,35);4-5,10-12,16,28-29H,6-9,13-15H2,1-3H3;6,9-10,14,16,25,28H,4-5,7-8,11-12H2,1-3H3,(H2,24,30);6-8,10,21H,3-5,9H2,1-2H3,(H2,20,22,23);1H3;1H3;/b11-9-,19-10+,20-12+;;;;;;/t17-,18-,21+,26-,28-;;;;;;/m0....../s1. The fraction of sp³-hybridized carbons (Fsp3) is 0.490. The van der Waals surface area contributed by atoms with Crippen molar-refractivity contribution in [3.8, 4) is 40.2 Å². The van der Waals surface area contributed by atoms with Crippen LogP contribution < -0.4 is 42.6 Å². The number of piperazine rings is 1. The number of Topliss-reactive ketones (excluding diaryl/α,β-unsaturated/α-hetero) is 1. The quantitative estimate of drug-likeness (QED) is 0.00894. The first-order valence-electron chi connectivity index (χ1n) is 44.3. The summed E-state index contributed by atoms with van der Waals surface area (Å²) in [5.74, 6) is 1.01. The summed E-state index contributed by atoms with van der Waals surface area (Å²) < 4.78 is 35.9. The monoisotopic (exact) mass is 2210 g/mol. The summed E-state index contributed by atoms with van der Waals surface area (Å²) in [7, 11) is 6.90. The molecule has 1 saturated carbocycles. The van der Waals surface area contributed by atoms with Gasteiger partial charge in [-0.05, 0) is 209 Å². The minimum atomic E-state index is -0.916. The van der Waals surface area contributed by atoms with E-state index < -0.39 is 30.1 Å². The average Bonchev–Trinajstić information content (AvgIpc) is 1.59. The van der Waals surface area contributed by atoms with E-state index >= 15 is 0 Å². The molecule has 714 valence electrons. The number of imidazole rings is 1. The predicted octanol–water partition coefficient (Wildman–Crippen LogP) is 15.1. The summed E-state index contributed by atoms with van der Waals surface area (Å²) in [6.07, 6.45) is 13.6. The van der Waals surface area contributed by atoms with Crippen LogP contribution in [0.5, 0.6) is 34.5 Å². The number of aliphatic hydroxyl groups is 1. The third-order valence-corrected chi connectivity index (χ3v) is 26.2. The molecule has 132 heavy (non-hydrogen) atoms. The number of hydrogen-bond donors (Lipinski definition) is 11. The van der Waals surface area contributed by atoms with Crippen molar-refractivity contribution in [3.63, 3.8) is 0 Å². The zero-order valence-corrected chi connectivity index (χ0v) is 88.1. The van der Waals surface area contributed by atoms with Gasteiger partial charge in [-0.2, -0.15) is 15.0 Å². The number of nitrogens with one attached hydrogen (secondary N) is 3. The molecule has 1 unspecified atom stereocenters. The molecule has 14 rings (SSSR count). The molecular weight excluding hydrogens is 2080 g/mol. The van der Waals surface area contributed by atoms with Crippen LogP contribution >= 0.6 is 44.3 Å². The number of benzene rings is 5. The van der Waals surface area contributed by atoms with Gasteiger partial charge >= 0.3 is 6.09 Å². The van der Waals surface area contributed by atoms with Gasteiger partial charge in [0.1, 0.15) is 35.4 Å². The van der Waals surface area contributed by atoms with Crippen LogP contribution in [-0.4, -0.2) is 203 Å². The normalized spacial score (nSPS) is 20.6. The number of nitrogens with two attached hydrogens (primary N) is 3. The van der Waals surface area contributed by atoms with Gasteiger partial charge in [-0.1, -0.05) is 117 Å². The number of carbonyl (C=O) groups is 5. The van der Waals surface area contributed by atoms with Crippen molar-refractivity contribution in [1.82, 2.24) is 49.3 Å². The molecule has 3 aromatic heterocycles. The molecule has 7 heterocycles. The number of primary amides is 2. The van der Waals surface area contributed by atoms with E-state index in [1.165, 1.54) is 36.7 Å². The number of phenolic OH excluding ortho intramolecular Hbond substituents is 4. The number of aromatic nitrogens is 6. The number of rotatable bonds is 19. The summed E-state index contributed by atoms with van der Waals surface area (Å²) in [5, 5.41) is 67.1. The van der Waals surface area contributed by atoms with E-state index in [0.29, 0.717) is 96.1 Å². The van der Waals surface area contributed by atoms with Crippen LogP contribution in [0.1, 0.15) is 209 Å². The second-order valence-electron chi connectivity index (χ2n) is 35.7. The van der Waals surface area contributed by atoms with Crippen molar-refractivity contribution < 1.29 is 104 Å². The van der Waals surface area contributed by atoms with Gasteiger partial charge in [0.15, 0.2) is 45.5 Å². The van der Waals surface area contributed by atoms with Gasteiger partial charge in [-0.25, -0.2) is 28.8 Å². The maximum atomic E-state index is 13.1. The van der Waals surface area contributed by atoms with E-state index in [4.69, 9.17) is 45.9 Å². The third-order valence-electron chi connectivity index (χ3n) is 23.9. The third kappa shape index (κ3) is 28.9. The molecule has 1 saturated heterocycles. The van der Waals surface area contributed by atoms with E-state index in [-0.39, 0.29) is 135 Å². The number of ketones is 1. The zero-order chi connectivity index (χ0) is 94.7. The molecule has 31 nitrogen and oxygen atoms in total. The topological polar surface area (TPSA) is 430 Å². The Morgan fingerprint density at radius 1 is 0.856 bits per heavy atom. The van der Waals surface area contributed by atoms with Crippen LogP contribution in [0, 0.1) is 58.9 Å². The van der Waals surface area contributed by atoms with E-state index in [1.54, 1.807) is 68.1 Å². The number of allylic oxidation sites excluding steroid dienone is 3. The van der Waals surface area contributed by atoms with E-state index in [0.717, 1.165) is 149 Å². The number of aliphatic hydroxyl groups excluding tert-OH is 1. The Morgan fingerprint density at radius 3 is 2.20 bits per heavy atom. The molecule has 2 bridgehead atoms. The number of ether oxygens (including phenoxy) is 5. The van der Waals surface area contributed by atoms with E-state index in [1.807, 2.05) is 69.6 Å². The number of phenols is 4. The SMILES string of the molecule is CC(C)NCCCn1c(Sc2cc3c(cc2I)OCO3)nc2c(N)ncnc21.CC(C)c1cc(C(=O)N2Cc3ccc(CN4CCN(C)CC4)cc3C2)c(O)cc1O.CCc1c(O)cc2c(O)c1C[C@@H](C)C[C@H](OC)C[C@@H](C)/C=C(\C)[C@H](OC(N)=O)[C@@H](OC)/C=C\C=C(/C)C(=O)N2.CN=S.Cc1nn(-c2ccc(C(N)=O)c(NC3CCC(O)CC3)c2)c2c1C(=O)CC(C)(C)C2.P.[U]. The molecule has 36 heteroatoms. The summed E-state index contributed by atoms with van der Waals surface area (Å²) in [5.41, 5.74) is 29.7. The fourth-order valence-corrected chi connectivity index (χ4v) is 18.9. The van der Waals surface area contributed by atoms with Crippen LogP contribution in [0.3, 0.4) is 0 Å². The zero-order valence-electron chi connectivity index (χ0n) is 78.7. The van der Waals surface area contributed by atoms with Gasteiger partial charge in [0.25, 0.3) is 17.7 Å². The fourth-order valence-electron chi connectivity index (χ4n) is 17.2. The number of hydrogen-bond acceptors (Lipinski definition) is 27. The van der Waals surface area contributed by atoms with Crippen LogP contribution in [0.4, 0.5) is 22.0 Å². The summed E-state index contributed by atoms with van der Waals surface area (Å²) >= 11 is 7.89. The Bertz CT molecular complexity index is 5460. The van der Waals surface area contributed by atoms with Crippen molar-refractivity contribution in [1.29, 1.82) is 0 Å². The number of anilines is 3. The largest absolute Gasteiger partial charge is 0.508 e. The molecule has 2 aliphatic carbocycles. The Hall–Kier alpha value is -8.83. The van der Waals surface area contributed by atoms with E-state index in [9.17, 15) is 49.5 Å². The van der Waals surface area contributed by atoms with E-state index in [2.05, 4.69) is 152 Å². The maximum absolute atomic E-state index is 13.1. The number of halogens is 1. The summed E-state index contributed by atoms with van der Waals surface area (Å²) in [6, 6.07) is 20.9. The predicted molar refractivity (Wildman–Crippen MR) is 527 cm³/mol. The first-order chi connectivity index (χ1) is 61.8. The number of likely N-dealkylation sites (N-methyl/N-ethyl adjacent to an activating group) is 1. The molecule has 4 aliphatic heterocycles. The molecule has 2 fully saturated rings. The number of aromatic hydroxyl groups is 4. The van der Waals surface area contributed by atoms with Gasteiger partial charge < -0.3 is 96.7 Å². The number of aryl methyl sites for hydroxylation is 2. The van der Waals surface area contributed by atoms with Gasteiger partial charge in [-0.3, -0.25) is 24.1 Å². The van der Waals surface area contributed by atoms with Crippen molar-refractivity contribution >= 4 is 115 Å². The number of carbonyl (C=O) groups excluding carboxylic acids is 5. The second kappa shape index (κ2) is 50.1. The minimum Gasteiger partial charge on any atom is -0.508 e. The Balaban J connectivity index is 0.000000215. The Morgan fingerprint density at radius 2 is 1.55 bits per heavy atom. The number of fused-ring (bicyclic) bond motifs is 6. The average molecular weight is 2210 g/mol. The van der Waals surface area contributed by atoms with Crippen molar-refractivity contribution in [2.75, 3.05) is 84.2 Å². The Labute approximate surface area is 825 Å². The Kier molecular flexibility index (Phi) is 41.2. The van der Waals surface area contributed by atoms with Crippen LogP contribution in [0.2, 0.25) is 0 Å².